The Hall–Kier alpha value is -0.320. The second-order valence-electron chi connectivity index (χ2n) is 5.73. The maximum atomic E-state index is 11.9. The zero-order chi connectivity index (χ0) is 12.8. The lowest BCUT2D eigenvalue weighted by Crippen LogP contribution is -2.37. The van der Waals surface area contributed by atoms with Crippen molar-refractivity contribution in [2.45, 2.75) is 32.1 Å². The summed E-state index contributed by atoms with van der Waals surface area (Å²) in [6.45, 7) is 4.19. The predicted molar refractivity (Wildman–Crippen MR) is 78.6 cm³/mol. The van der Waals surface area contributed by atoms with Crippen molar-refractivity contribution in [1.29, 1.82) is 0 Å². The molecule has 1 heterocycles. The fourth-order valence-electron chi connectivity index (χ4n) is 2.38. The van der Waals surface area contributed by atoms with Crippen molar-refractivity contribution in [1.82, 2.24) is 10.2 Å². The summed E-state index contributed by atoms with van der Waals surface area (Å²) >= 11 is 0. The lowest BCUT2D eigenvalue weighted by molar-refractivity contribution is -0.129. The standard InChI is InChI=1S/C14H26N2O2.ClH/c1-16(7-4-12-5-8-18-9-6-12)14(17)11-15-10-13-2-3-13;/h12-13,15H,2-11H2,1H3;1H. The van der Waals surface area contributed by atoms with Crippen LogP contribution in [0.25, 0.3) is 0 Å². The highest BCUT2D eigenvalue weighted by atomic mass is 35.5. The van der Waals surface area contributed by atoms with Gasteiger partial charge in [0.25, 0.3) is 0 Å². The first kappa shape index (κ1) is 16.7. The van der Waals surface area contributed by atoms with Crippen molar-refractivity contribution < 1.29 is 9.53 Å². The first-order valence-electron chi connectivity index (χ1n) is 7.28. The molecule has 2 rings (SSSR count). The molecule has 1 saturated carbocycles. The van der Waals surface area contributed by atoms with E-state index in [0.717, 1.165) is 57.4 Å². The highest BCUT2D eigenvalue weighted by Gasteiger charge is 2.21. The number of carbonyl (C=O) groups excluding carboxylic acids is 1. The van der Waals surface area contributed by atoms with Gasteiger partial charge in [0.05, 0.1) is 6.54 Å². The fourth-order valence-corrected chi connectivity index (χ4v) is 2.38. The highest BCUT2D eigenvalue weighted by molar-refractivity contribution is 5.85. The molecular formula is C14H27ClN2O2. The molecule has 1 aliphatic heterocycles. The topological polar surface area (TPSA) is 41.6 Å². The number of likely N-dealkylation sites (N-methyl/N-ethyl adjacent to an activating group) is 1. The summed E-state index contributed by atoms with van der Waals surface area (Å²) in [7, 11) is 1.92. The van der Waals surface area contributed by atoms with Crippen LogP contribution in [0.5, 0.6) is 0 Å². The van der Waals surface area contributed by atoms with Crippen molar-refractivity contribution in [3.05, 3.63) is 0 Å². The van der Waals surface area contributed by atoms with Gasteiger partial charge >= 0.3 is 0 Å². The lowest BCUT2D eigenvalue weighted by atomic mass is 9.96. The third-order valence-electron chi connectivity index (χ3n) is 4.05. The second-order valence-corrected chi connectivity index (χ2v) is 5.73. The summed E-state index contributed by atoms with van der Waals surface area (Å²) in [4.78, 5) is 13.7. The van der Waals surface area contributed by atoms with Crippen molar-refractivity contribution in [2.24, 2.45) is 11.8 Å². The third kappa shape index (κ3) is 6.59. The molecule has 0 aromatic heterocycles. The van der Waals surface area contributed by atoms with Crippen molar-refractivity contribution in [3.8, 4) is 0 Å². The molecule has 1 saturated heterocycles. The molecular weight excluding hydrogens is 264 g/mol. The van der Waals surface area contributed by atoms with Gasteiger partial charge in [-0.1, -0.05) is 0 Å². The van der Waals surface area contributed by atoms with Crippen LogP contribution in [0.3, 0.4) is 0 Å². The van der Waals surface area contributed by atoms with E-state index in [1.54, 1.807) is 0 Å². The summed E-state index contributed by atoms with van der Waals surface area (Å²) in [6.07, 6.45) is 6.10. The second kappa shape index (κ2) is 8.77. The first-order chi connectivity index (χ1) is 8.75. The van der Waals surface area contributed by atoms with Crippen LogP contribution < -0.4 is 5.32 Å². The van der Waals surface area contributed by atoms with Gasteiger partial charge in [0.2, 0.25) is 5.91 Å². The first-order valence-corrected chi connectivity index (χ1v) is 7.28. The predicted octanol–water partition coefficient (Wildman–Crippen LogP) is 1.68. The molecule has 1 amide bonds. The van der Waals surface area contributed by atoms with E-state index in [2.05, 4.69) is 5.32 Å². The number of halogens is 1. The van der Waals surface area contributed by atoms with Gasteiger partial charge in [-0.05, 0) is 50.5 Å². The number of carbonyl (C=O) groups is 1. The normalized spacial score (nSPS) is 19.8. The van der Waals surface area contributed by atoms with E-state index in [-0.39, 0.29) is 18.3 Å². The minimum absolute atomic E-state index is 0. The van der Waals surface area contributed by atoms with E-state index in [9.17, 15) is 4.79 Å². The Kier molecular flexibility index (Phi) is 7.73. The average molecular weight is 291 g/mol. The Balaban J connectivity index is 0.00000180. The fraction of sp³-hybridized carbons (Fsp3) is 0.929. The number of nitrogens with zero attached hydrogens (tertiary/aromatic N) is 1. The van der Waals surface area contributed by atoms with E-state index < -0.39 is 0 Å². The summed E-state index contributed by atoms with van der Waals surface area (Å²) in [5.74, 6) is 1.81. The van der Waals surface area contributed by atoms with Crippen molar-refractivity contribution >= 4 is 18.3 Å². The van der Waals surface area contributed by atoms with Crippen LogP contribution in [0.1, 0.15) is 32.1 Å². The number of rotatable bonds is 7. The Morgan fingerprint density at radius 3 is 2.53 bits per heavy atom. The minimum Gasteiger partial charge on any atom is -0.381 e. The summed E-state index contributed by atoms with van der Waals surface area (Å²) < 4.78 is 5.34. The van der Waals surface area contributed by atoms with Crippen LogP contribution in [0.15, 0.2) is 0 Å². The molecule has 0 radical (unpaired) electrons. The van der Waals surface area contributed by atoms with Crippen molar-refractivity contribution in [2.75, 3.05) is 39.9 Å². The Morgan fingerprint density at radius 1 is 1.21 bits per heavy atom. The average Bonchev–Trinajstić information content (AvgIpc) is 3.21. The van der Waals surface area contributed by atoms with Crippen LogP contribution >= 0.6 is 12.4 Å². The molecule has 112 valence electrons. The molecule has 0 aromatic rings. The summed E-state index contributed by atoms with van der Waals surface area (Å²) in [5, 5.41) is 3.25. The van der Waals surface area contributed by atoms with Crippen LogP contribution in [-0.4, -0.2) is 50.7 Å². The minimum atomic E-state index is 0. The zero-order valence-electron chi connectivity index (χ0n) is 11.9. The smallest absolute Gasteiger partial charge is 0.236 e. The van der Waals surface area contributed by atoms with E-state index in [1.807, 2.05) is 11.9 Å². The molecule has 0 spiro atoms. The van der Waals surface area contributed by atoms with E-state index in [4.69, 9.17) is 4.74 Å². The van der Waals surface area contributed by atoms with Gasteiger partial charge in [-0.2, -0.15) is 0 Å². The largest absolute Gasteiger partial charge is 0.381 e. The maximum Gasteiger partial charge on any atom is 0.236 e. The number of hydrogen-bond donors (Lipinski definition) is 1. The van der Waals surface area contributed by atoms with Crippen LogP contribution in [0.4, 0.5) is 0 Å². The Bertz CT molecular complexity index is 266. The number of hydrogen-bond acceptors (Lipinski definition) is 3. The summed E-state index contributed by atoms with van der Waals surface area (Å²) in [5.41, 5.74) is 0. The van der Waals surface area contributed by atoms with Crippen LogP contribution in [-0.2, 0) is 9.53 Å². The van der Waals surface area contributed by atoms with Gasteiger partial charge in [-0.3, -0.25) is 4.79 Å². The summed E-state index contributed by atoms with van der Waals surface area (Å²) in [6, 6.07) is 0. The van der Waals surface area contributed by atoms with E-state index in [0.29, 0.717) is 6.54 Å². The quantitative estimate of drug-likeness (QED) is 0.776. The molecule has 0 bridgehead atoms. The molecule has 0 atom stereocenters. The van der Waals surface area contributed by atoms with Gasteiger partial charge in [0.15, 0.2) is 0 Å². The van der Waals surface area contributed by atoms with Gasteiger partial charge in [-0.25, -0.2) is 0 Å². The van der Waals surface area contributed by atoms with Crippen LogP contribution in [0.2, 0.25) is 0 Å². The molecule has 5 heteroatoms. The number of nitrogens with one attached hydrogen (secondary N) is 1. The molecule has 2 aliphatic rings. The maximum absolute atomic E-state index is 11.9. The van der Waals surface area contributed by atoms with E-state index in [1.165, 1.54) is 12.8 Å². The number of ether oxygens (including phenoxy) is 1. The zero-order valence-corrected chi connectivity index (χ0v) is 12.7. The monoisotopic (exact) mass is 290 g/mol. The van der Waals surface area contributed by atoms with Gasteiger partial charge in [0, 0.05) is 26.8 Å². The Morgan fingerprint density at radius 2 is 1.89 bits per heavy atom. The lowest BCUT2D eigenvalue weighted by Gasteiger charge is -2.25. The Labute approximate surface area is 122 Å². The molecule has 1 aliphatic carbocycles. The van der Waals surface area contributed by atoms with Gasteiger partial charge < -0.3 is 15.0 Å². The van der Waals surface area contributed by atoms with Gasteiger partial charge in [0.1, 0.15) is 0 Å². The third-order valence-corrected chi connectivity index (χ3v) is 4.05. The van der Waals surface area contributed by atoms with Gasteiger partial charge in [-0.15, -0.1) is 12.4 Å². The molecule has 4 nitrogen and oxygen atoms in total. The van der Waals surface area contributed by atoms with E-state index >= 15 is 0 Å². The number of amides is 1. The molecule has 1 N–H and O–H groups in total. The molecule has 0 aromatic carbocycles. The molecule has 19 heavy (non-hydrogen) atoms. The SMILES string of the molecule is CN(CCC1CCOCC1)C(=O)CNCC1CC1.Cl. The highest BCUT2D eigenvalue weighted by Crippen LogP contribution is 2.27. The van der Waals surface area contributed by atoms with Crippen LogP contribution in [0, 0.1) is 11.8 Å². The van der Waals surface area contributed by atoms with Crippen molar-refractivity contribution in [3.63, 3.8) is 0 Å². The molecule has 2 fully saturated rings. The molecule has 0 unspecified atom stereocenters.